The minimum Gasteiger partial charge on any atom is -0.480 e. The fraction of sp³-hybridized carbons (Fsp3) is 0.241. The molecule has 3 aromatic heterocycles. The van der Waals surface area contributed by atoms with Crippen molar-refractivity contribution in [2.45, 2.75) is 43.7 Å². The predicted octanol–water partition coefficient (Wildman–Crippen LogP) is 4.02. The van der Waals surface area contributed by atoms with Gasteiger partial charge in [-0.1, -0.05) is 36.4 Å². The van der Waals surface area contributed by atoms with E-state index >= 15 is 0 Å². The maximum atomic E-state index is 13.3. The lowest BCUT2D eigenvalue weighted by atomic mass is 10.1. The Morgan fingerprint density at radius 1 is 0.976 bits per heavy atom. The Morgan fingerprint density at radius 2 is 1.74 bits per heavy atom. The first-order chi connectivity index (χ1) is 19.9. The molecule has 42 heavy (non-hydrogen) atoms. The predicted molar refractivity (Wildman–Crippen MR) is 154 cm³/mol. The highest BCUT2D eigenvalue weighted by atomic mass is 32.2. The molecule has 4 rings (SSSR count). The number of anilines is 1. The normalized spacial score (nSPS) is 12.4. The van der Waals surface area contributed by atoms with Gasteiger partial charge in [0.2, 0.25) is 10.0 Å². The molecule has 1 amide bonds. The van der Waals surface area contributed by atoms with Crippen LogP contribution in [0.3, 0.4) is 0 Å². The van der Waals surface area contributed by atoms with Crippen molar-refractivity contribution in [2.75, 3.05) is 11.4 Å². The van der Waals surface area contributed by atoms with Gasteiger partial charge in [-0.25, -0.2) is 22.9 Å². The third kappa shape index (κ3) is 8.15. The molecule has 1 aromatic carbocycles. The topological polar surface area (TPSA) is 165 Å². The Morgan fingerprint density at radius 3 is 2.36 bits per heavy atom. The van der Waals surface area contributed by atoms with E-state index in [2.05, 4.69) is 24.9 Å². The molecule has 0 spiro atoms. The number of pyridine rings is 2. The van der Waals surface area contributed by atoms with Crippen LogP contribution in [0.2, 0.25) is 0 Å². The number of carboxylic acid groups (broad SMARTS) is 1. The van der Waals surface area contributed by atoms with Crippen LogP contribution in [0, 0.1) is 0 Å². The van der Waals surface area contributed by atoms with Crippen LogP contribution in [0.1, 0.15) is 38.2 Å². The molecular weight excluding hydrogens is 560 g/mol. The number of benzene rings is 1. The van der Waals surface area contributed by atoms with Gasteiger partial charge in [0.1, 0.15) is 22.9 Å². The van der Waals surface area contributed by atoms with Crippen molar-refractivity contribution in [1.82, 2.24) is 24.9 Å². The largest absolute Gasteiger partial charge is 0.480 e. The highest BCUT2D eigenvalue weighted by molar-refractivity contribution is 7.89. The number of carboxylic acids is 1. The van der Waals surface area contributed by atoms with Gasteiger partial charge in [-0.15, -0.1) is 0 Å². The van der Waals surface area contributed by atoms with Crippen molar-refractivity contribution in [3.63, 3.8) is 0 Å². The van der Waals surface area contributed by atoms with E-state index in [-0.39, 0.29) is 22.8 Å². The zero-order chi connectivity index (χ0) is 30.3. The average molecular weight is 591 g/mol. The van der Waals surface area contributed by atoms with Gasteiger partial charge in [-0.05, 0) is 57.2 Å². The van der Waals surface area contributed by atoms with Crippen LogP contribution in [0.4, 0.5) is 10.6 Å². The minimum atomic E-state index is -4.07. The van der Waals surface area contributed by atoms with Crippen LogP contribution in [0.25, 0.3) is 11.3 Å². The lowest BCUT2D eigenvalue weighted by Crippen LogP contribution is -2.40. The number of amides is 1. The van der Waals surface area contributed by atoms with Crippen molar-refractivity contribution < 1.29 is 27.9 Å². The summed E-state index contributed by atoms with van der Waals surface area (Å²) in [6, 6.07) is 19.5. The van der Waals surface area contributed by atoms with Crippen LogP contribution in [-0.4, -0.2) is 57.9 Å². The molecule has 0 aliphatic heterocycles. The molecule has 0 bridgehead atoms. The number of carbonyl (C=O) groups excluding carboxylic acids is 1. The van der Waals surface area contributed by atoms with Crippen molar-refractivity contribution >= 4 is 27.9 Å². The maximum absolute atomic E-state index is 13.3. The zero-order valence-electron chi connectivity index (χ0n) is 23.2. The first kappa shape index (κ1) is 30.2. The van der Waals surface area contributed by atoms with Gasteiger partial charge in [0.25, 0.3) is 0 Å². The lowest BCUT2D eigenvalue weighted by molar-refractivity contribution is -0.135. The van der Waals surface area contributed by atoms with E-state index in [0.717, 1.165) is 10.5 Å². The smallest absolute Gasteiger partial charge is 0.416 e. The molecule has 0 radical (unpaired) electrons. The molecule has 0 saturated heterocycles. The number of ether oxygens (including phenoxy) is 1. The molecule has 1 unspecified atom stereocenters. The lowest BCUT2D eigenvalue weighted by Gasteiger charge is -2.26. The molecule has 4 aromatic rings. The number of hydrogen-bond acceptors (Lipinski definition) is 9. The van der Waals surface area contributed by atoms with E-state index in [1.807, 2.05) is 30.3 Å². The molecule has 0 saturated carbocycles. The van der Waals surface area contributed by atoms with E-state index in [1.165, 1.54) is 30.6 Å². The molecular formula is C29H30N6O6S. The Balaban J connectivity index is 1.70. The summed E-state index contributed by atoms with van der Waals surface area (Å²) < 4.78 is 34.6. The Bertz CT molecular complexity index is 1630. The second kappa shape index (κ2) is 12.8. The molecule has 3 heterocycles. The van der Waals surface area contributed by atoms with Crippen LogP contribution >= 0.6 is 0 Å². The van der Waals surface area contributed by atoms with Crippen LogP contribution in [0.5, 0.6) is 0 Å². The second-order valence-corrected chi connectivity index (χ2v) is 11.9. The molecule has 1 atom stereocenters. The number of hydrogen-bond donors (Lipinski definition) is 2. The maximum Gasteiger partial charge on any atom is 0.416 e. The first-order valence-corrected chi connectivity index (χ1v) is 14.4. The number of nitrogens with zero attached hydrogens (tertiary/aromatic N) is 5. The Hall–Kier alpha value is -4.75. The number of rotatable bonds is 10. The van der Waals surface area contributed by atoms with E-state index in [0.29, 0.717) is 11.4 Å². The highest BCUT2D eigenvalue weighted by Crippen LogP contribution is 2.24. The number of aliphatic carboxylic acids is 1. The third-order valence-electron chi connectivity index (χ3n) is 5.74. The van der Waals surface area contributed by atoms with Gasteiger partial charge in [-0.3, -0.25) is 14.7 Å². The van der Waals surface area contributed by atoms with E-state index in [1.54, 1.807) is 45.0 Å². The fourth-order valence-electron chi connectivity index (χ4n) is 3.88. The number of nitrogens with one attached hydrogen (secondary N) is 1. The molecule has 0 aliphatic rings. The summed E-state index contributed by atoms with van der Waals surface area (Å²) in [5, 5.41) is 18.1. The molecule has 2 N–H and O–H groups in total. The SMILES string of the molecule is CC(C)(C)OC(=O)N(CC(=O)O)c1cccc(C(Cc2ccc(-c3ccccc3)nn2)NS(=O)(=O)c2cccnc2)n1. The van der Waals surface area contributed by atoms with Crippen LogP contribution in [-0.2, 0) is 26.0 Å². The fourth-order valence-corrected chi connectivity index (χ4v) is 5.06. The summed E-state index contributed by atoms with van der Waals surface area (Å²) >= 11 is 0. The zero-order valence-corrected chi connectivity index (χ0v) is 24.0. The summed E-state index contributed by atoms with van der Waals surface area (Å²) in [7, 11) is -4.07. The number of carbonyl (C=O) groups is 2. The van der Waals surface area contributed by atoms with Crippen LogP contribution in [0.15, 0.2) is 90.1 Å². The average Bonchev–Trinajstić information content (AvgIpc) is 2.96. The second-order valence-electron chi connectivity index (χ2n) is 10.2. The summed E-state index contributed by atoms with van der Waals surface area (Å²) in [4.78, 5) is 33.7. The van der Waals surface area contributed by atoms with Crippen molar-refractivity contribution in [2.24, 2.45) is 0 Å². The highest BCUT2D eigenvalue weighted by Gasteiger charge is 2.28. The summed E-state index contributed by atoms with van der Waals surface area (Å²) in [6.45, 7) is 4.24. The van der Waals surface area contributed by atoms with Crippen molar-refractivity contribution in [3.8, 4) is 11.3 Å². The summed E-state index contributed by atoms with van der Waals surface area (Å²) in [6.07, 6.45) is 1.81. The van der Waals surface area contributed by atoms with E-state index in [4.69, 9.17) is 4.74 Å². The van der Waals surface area contributed by atoms with Crippen molar-refractivity contribution in [3.05, 3.63) is 96.6 Å². The van der Waals surface area contributed by atoms with Gasteiger partial charge in [0.05, 0.1) is 23.1 Å². The molecule has 218 valence electrons. The quantitative estimate of drug-likeness (QED) is 0.276. The van der Waals surface area contributed by atoms with E-state index < -0.39 is 40.3 Å². The molecule has 0 fully saturated rings. The van der Waals surface area contributed by atoms with Gasteiger partial charge in [0.15, 0.2) is 0 Å². The molecule has 12 nitrogen and oxygen atoms in total. The summed E-state index contributed by atoms with van der Waals surface area (Å²) in [5.74, 6) is -1.31. The van der Waals surface area contributed by atoms with Gasteiger partial charge < -0.3 is 9.84 Å². The van der Waals surface area contributed by atoms with Gasteiger partial charge in [-0.2, -0.15) is 10.2 Å². The van der Waals surface area contributed by atoms with Crippen LogP contribution < -0.4 is 9.62 Å². The number of sulfonamides is 1. The monoisotopic (exact) mass is 590 g/mol. The number of aromatic nitrogens is 4. The summed E-state index contributed by atoms with van der Waals surface area (Å²) in [5.41, 5.74) is 1.31. The van der Waals surface area contributed by atoms with Gasteiger partial charge >= 0.3 is 12.1 Å². The minimum absolute atomic E-state index is 0.0276. The van der Waals surface area contributed by atoms with Gasteiger partial charge in [0, 0.05) is 24.4 Å². The third-order valence-corrected chi connectivity index (χ3v) is 7.20. The Kier molecular flexibility index (Phi) is 9.23. The first-order valence-electron chi connectivity index (χ1n) is 12.9. The standard InChI is InChI=1S/C29H30N6O6S/c1-29(2,3)41-28(38)35(19-27(36)37)26-13-7-12-24(31-26)25(34-42(39,40)22-11-8-16-30-18-22)17-21-14-15-23(33-32-21)20-9-5-4-6-10-20/h4-16,18,25,34H,17,19H2,1-3H3,(H,36,37). The molecule has 0 aliphatic carbocycles. The Labute approximate surface area is 243 Å². The van der Waals surface area contributed by atoms with Crippen molar-refractivity contribution in [1.29, 1.82) is 0 Å². The molecule has 13 heteroatoms. The van der Waals surface area contributed by atoms with E-state index in [9.17, 15) is 23.1 Å².